The Labute approximate surface area is 108 Å². The van der Waals surface area contributed by atoms with Gasteiger partial charge in [0.05, 0.1) is 0 Å². The van der Waals surface area contributed by atoms with E-state index >= 15 is 0 Å². The molecule has 1 rings (SSSR count). The number of amides is 1. The van der Waals surface area contributed by atoms with Crippen LogP contribution in [0.25, 0.3) is 0 Å². The van der Waals surface area contributed by atoms with Crippen molar-refractivity contribution in [2.45, 2.75) is 24.4 Å². The average molecular weight is 308 g/mol. The Morgan fingerprint density at radius 3 is 2.00 bits per heavy atom. The minimum Gasteiger partial charge on any atom is -0.450 e. The fraction of sp³-hybridized carbons (Fsp3) is 0.778. The predicted molar refractivity (Wildman–Crippen MR) is 51.4 cm³/mol. The highest BCUT2D eigenvalue weighted by Crippen LogP contribution is 2.26. The highest BCUT2D eigenvalue weighted by atomic mass is 19.4. The van der Waals surface area contributed by atoms with E-state index in [0.29, 0.717) is 0 Å². The number of carbonyl (C=O) groups excluding carboxylic acids is 2. The first-order valence-corrected chi connectivity index (χ1v) is 5.32. The molecule has 0 saturated carbocycles. The summed E-state index contributed by atoms with van der Waals surface area (Å²) in [6, 6.07) is 0. The van der Waals surface area contributed by atoms with Crippen molar-refractivity contribution < 1.29 is 40.7 Å². The molecule has 0 atom stereocenters. The summed E-state index contributed by atoms with van der Waals surface area (Å²) in [5.74, 6) is -4.62. The molecule has 5 nitrogen and oxygen atoms in total. The number of esters is 1. The first-order valence-electron chi connectivity index (χ1n) is 5.32. The molecule has 116 valence electrons. The van der Waals surface area contributed by atoms with Gasteiger partial charge in [0.25, 0.3) is 0 Å². The van der Waals surface area contributed by atoms with E-state index in [4.69, 9.17) is 0 Å². The van der Waals surface area contributed by atoms with Crippen molar-refractivity contribution >= 4 is 11.9 Å². The second-order valence-corrected chi connectivity index (χ2v) is 4.18. The minimum absolute atomic E-state index is 0.128. The third kappa shape index (κ3) is 4.25. The van der Waals surface area contributed by atoms with Crippen molar-refractivity contribution in [2.24, 2.45) is 0 Å². The monoisotopic (exact) mass is 308 g/mol. The van der Waals surface area contributed by atoms with Crippen LogP contribution in [0.5, 0.6) is 0 Å². The number of nitrogens with one attached hydrogen (secondary N) is 2. The number of halogens is 6. The zero-order chi connectivity index (χ0) is 15.6. The summed E-state index contributed by atoms with van der Waals surface area (Å²) in [4.78, 5) is 21.2. The van der Waals surface area contributed by atoms with Crippen LogP contribution < -0.4 is 10.6 Å². The number of alkyl halides is 6. The molecule has 0 aromatic heterocycles. The van der Waals surface area contributed by atoms with Crippen molar-refractivity contribution in [3.8, 4) is 0 Å². The lowest BCUT2D eigenvalue weighted by molar-refractivity contribution is -0.218. The summed E-state index contributed by atoms with van der Waals surface area (Å²) < 4.78 is 76.0. The van der Waals surface area contributed by atoms with E-state index in [9.17, 15) is 35.9 Å². The van der Waals surface area contributed by atoms with Gasteiger partial charge in [0.2, 0.25) is 0 Å². The molecule has 0 aromatic carbocycles. The Hall–Kier alpha value is -1.52. The van der Waals surface area contributed by atoms with Crippen LogP contribution in [0.3, 0.4) is 0 Å². The molecule has 2 N–H and O–H groups in total. The molecule has 0 aliphatic carbocycles. The Morgan fingerprint density at radius 1 is 1.10 bits per heavy atom. The van der Waals surface area contributed by atoms with Gasteiger partial charge in [0.1, 0.15) is 5.60 Å². The SMILES string of the molecule is O=C(NCCC1(OC(=O)C(F)(F)F)CNC1)C(F)(F)F. The van der Waals surface area contributed by atoms with Crippen molar-refractivity contribution in [2.75, 3.05) is 19.6 Å². The van der Waals surface area contributed by atoms with Crippen LogP contribution in [0.4, 0.5) is 26.3 Å². The van der Waals surface area contributed by atoms with Crippen molar-refractivity contribution in [3.05, 3.63) is 0 Å². The number of hydrogen-bond donors (Lipinski definition) is 2. The molecular formula is C9H10F6N2O3. The van der Waals surface area contributed by atoms with E-state index in [-0.39, 0.29) is 19.5 Å². The molecule has 1 aliphatic rings. The average Bonchev–Trinajstić information content (AvgIpc) is 2.22. The van der Waals surface area contributed by atoms with Gasteiger partial charge in [-0.1, -0.05) is 0 Å². The zero-order valence-electron chi connectivity index (χ0n) is 9.82. The summed E-state index contributed by atoms with van der Waals surface area (Å²) in [5, 5.41) is 4.04. The van der Waals surface area contributed by atoms with Gasteiger partial charge in [0.15, 0.2) is 0 Å². The maximum absolute atomic E-state index is 12.0. The summed E-state index contributed by atoms with van der Waals surface area (Å²) in [5.41, 5.74) is -1.55. The lowest BCUT2D eigenvalue weighted by Crippen LogP contribution is -2.63. The second-order valence-electron chi connectivity index (χ2n) is 4.18. The summed E-state index contributed by atoms with van der Waals surface area (Å²) in [6.07, 6.45) is -10.6. The molecule has 11 heteroatoms. The van der Waals surface area contributed by atoms with Gasteiger partial charge in [-0.05, 0) is 0 Å². The topological polar surface area (TPSA) is 67.4 Å². The van der Waals surface area contributed by atoms with Crippen molar-refractivity contribution in [1.82, 2.24) is 10.6 Å². The predicted octanol–water partition coefficient (Wildman–Crippen LogP) is 0.502. The molecule has 0 bridgehead atoms. The lowest BCUT2D eigenvalue weighted by atomic mass is 9.92. The summed E-state index contributed by atoms with van der Waals surface area (Å²) >= 11 is 0. The van der Waals surface area contributed by atoms with E-state index in [0.717, 1.165) is 0 Å². The van der Waals surface area contributed by atoms with Crippen LogP contribution in [-0.2, 0) is 14.3 Å². The van der Waals surface area contributed by atoms with E-state index < -0.39 is 36.4 Å². The van der Waals surface area contributed by atoms with Crippen LogP contribution in [0.15, 0.2) is 0 Å². The molecule has 1 aliphatic heterocycles. The van der Waals surface area contributed by atoms with Crippen LogP contribution in [0.2, 0.25) is 0 Å². The number of ether oxygens (including phenoxy) is 1. The molecule has 1 saturated heterocycles. The van der Waals surface area contributed by atoms with E-state index in [1.54, 1.807) is 0 Å². The molecular weight excluding hydrogens is 298 g/mol. The zero-order valence-corrected chi connectivity index (χ0v) is 9.82. The third-order valence-corrected chi connectivity index (χ3v) is 2.56. The van der Waals surface area contributed by atoms with Gasteiger partial charge < -0.3 is 15.4 Å². The third-order valence-electron chi connectivity index (χ3n) is 2.56. The van der Waals surface area contributed by atoms with Crippen molar-refractivity contribution in [1.29, 1.82) is 0 Å². The Balaban J connectivity index is 2.47. The molecule has 20 heavy (non-hydrogen) atoms. The lowest BCUT2D eigenvalue weighted by Gasteiger charge is -2.41. The smallest absolute Gasteiger partial charge is 0.450 e. The second kappa shape index (κ2) is 5.46. The maximum Gasteiger partial charge on any atom is 0.490 e. The molecule has 0 spiro atoms. The molecule has 0 radical (unpaired) electrons. The van der Waals surface area contributed by atoms with E-state index in [1.165, 1.54) is 5.32 Å². The standard InChI is InChI=1S/C9H10F6N2O3/c10-8(11,12)5(18)17-2-1-7(3-16-4-7)20-6(19)9(13,14)15/h16H,1-4H2,(H,17,18). The van der Waals surface area contributed by atoms with Gasteiger partial charge >= 0.3 is 24.2 Å². The molecule has 1 amide bonds. The first kappa shape index (κ1) is 16.5. The van der Waals surface area contributed by atoms with Gasteiger partial charge in [-0.25, -0.2) is 4.79 Å². The molecule has 1 heterocycles. The fourth-order valence-electron chi connectivity index (χ4n) is 1.46. The van der Waals surface area contributed by atoms with Gasteiger partial charge in [-0.3, -0.25) is 4.79 Å². The van der Waals surface area contributed by atoms with Crippen molar-refractivity contribution in [3.63, 3.8) is 0 Å². The fourth-order valence-corrected chi connectivity index (χ4v) is 1.46. The number of carbonyl (C=O) groups is 2. The van der Waals surface area contributed by atoms with Crippen LogP contribution in [0, 0.1) is 0 Å². The summed E-state index contributed by atoms with van der Waals surface area (Å²) in [6.45, 7) is -0.821. The molecule has 0 unspecified atom stereocenters. The Morgan fingerprint density at radius 2 is 1.65 bits per heavy atom. The van der Waals surface area contributed by atoms with Gasteiger partial charge in [-0.2, -0.15) is 26.3 Å². The molecule has 0 aromatic rings. The highest BCUT2D eigenvalue weighted by molar-refractivity contribution is 5.81. The minimum atomic E-state index is -5.18. The van der Waals surface area contributed by atoms with Gasteiger partial charge in [0, 0.05) is 26.1 Å². The van der Waals surface area contributed by atoms with E-state index in [2.05, 4.69) is 10.1 Å². The van der Waals surface area contributed by atoms with Crippen LogP contribution >= 0.6 is 0 Å². The quantitative estimate of drug-likeness (QED) is 0.586. The highest BCUT2D eigenvalue weighted by Gasteiger charge is 2.49. The summed E-state index contributed by atoms with van der Waals surface area (Å²) in [7, 11) is 0. The molecule has 1 fully saturated rings. The van der Waals surface area contributed by atoms with Crippen LogP contribution in [-0.4, -0.2) is 49.5 Å². The van der Waals surface area contributed by atoms with E-state index in [1.807, 2.05) is 0 Å². The van der Waals surface area contributed by atoms with Crippen LogP contribution in [0.1, 0.15) is 6.42 Å². The van der Waals surface area contributed by atoms with Gasteiger partial charge in [-0.15, -0.1) is 0 Å². The number of rotatable bonds is 4. The maximum atomic E-state index is 12.0. The Bertz CT molecular complexity index is 388. The first-order chi connectivity index (χ1) is 8.96. The largest absolute Gasteiger partial charge is 0.490 e. The number of hydrogen-bond acceptors (Lipinski definition) is 4. The normalized spacial score (nSPS) is 18.1. The Kier molecular flexibility index (Phi) is 4.52.